The van der Waals surface area contributed by atoms with E-state index in [1.807, 2.05) is 13.0 Å². The molecule has 0 amide bonds. The summed E-state index contributed by atoms with van der Waals surface area (Å²) in [5, 5.41) is 3.23. The highest BCUT2D eigenvalue weighted by atomic mass is 16.5. The Morgan fingerprint density at radius 2 is 2.00 bits per heavy atom. The quantitative estimate of drug-likeness (QED) is 0.874. The van der Waals surface area contributed by atoms with Crippen molar-refractivity contribution in [2.45, 2.75) is 46.1 Å². The standard InChI is InChI=1S/C13H23N3O/c1-7-14-11-8-10(13(3,4)5)15-12(16-11)9(2)17-6/h8-9H,7H2,1-6H3,(H,14,15,16). The van der Waals surface area contributed by atoms with Gasteiger partial charge in [0.2, 0.25) is 0 Å². The molecule has 0 fully saturated rings. The minimum atomic E-state index is -0.0882. The fraction of sp³-hybridized carbons (Fsp3) is 0.692. The lowest BCUT2D eigenvalue weighted by atomic mass is 9.92. The molecule has 96 valence electrons. The summed E-state index contributed by atoms with van der Waals surface area (Å²) in [5.74, 6) is 1.60. The summed E-state index contributed by atoms with van der Waals surface area (Å²) in [6, 6.07) is 2.01. The average Bonchev–Trinajstić information content (AvgIpc) is 2.27. The molecule has 1 aromatic heterocycles. The van der Waals surface area contributed by atoms with Crippen LogP contribution >= 0.6 is 0 Å². The van der Waals surface area contributed by atoms with E-state index in [-0.39, 0.29) is 11.5 Å². The molecule has 1 N–H and O–H groups in total. The molecule has 0 aliphatic heterocycles. The lowest BCUT2D eigenvalue weighted by molar-refractivity contribution is 0.111. The Labute approximate surface area is 104 Å². The van der Waals surface area contributed by atoms with Crippen LogP contribution < -0.4 is 5.32 Å². The molecule has 1 atom stereocenters. The van der Waals surface area contributed by atoms with Crippen molar-refractivity contribution in [1.29, 1.82) is 0 Å². The van der Waals surface area contributed by atoms with Crippen molar-refractivity contribution >= 4 is 5.82 Å². The van der Waals surface area contributed by atoms with Crippen LogP contribution in [0.4, 0.5) is 5.82 Å². The predicted molar refractivity (Wildman–Crippen MR) is 70.3 cm³/mol. The Morgan fingerprint density at radius 1 is 1.35 bits per heavy atom. The van der Waals surface area contributed by atoms with E-state index in [1.54, 1.807) is 7.11 Å². The molecular formula is C13H23N3O. The third kappa shape index (κ3) is 3.66. The molecule has 17 heavy (non-hydrogen) atoms. The minimum Gasteiger partial charge on any atom is -0.374 e. The van der Waals surface area contributed by atoms with Crippen molar-refractivity contribution in [3.8, 4) is 0 Å². The molecule has 0 radical (unpaired) electrons. The van der Waals surface area contributed by atoms with Crippen LogP contribution in [-0.4, -0.2) is 23.6 Å². The topological polar surface area (TPSA) is 47.0 Å². The second-order valence-corrected chi connectivity index (χ2v) is 5.15. The van der Waals surface area contributed by atoms with E-state index in [2.05, 4.69) is 43.0 Å². The van der Waals surface area contributed by atoms with Crippen LogP contribution in [0.25, 0.3) is 0 Å². The largest absolute Gasteiger partial charge is 0.374 e. The Balaban J connectivity index is 3.18. The fourth-order valence-electron chi connectivity index (χ4n) is 1.41. The van der Waals surface area contributed by atoms with Crippen LogP contribution in [-0.2, 0) is 10.2 Å². The molecular weight excluding hydrogens is 214 g/mol. The number of aromatic nitrogens is 2. The first-order chi connectivity index (χ1) is 7.88. The molecule has 4 nitrogen and oxygen atoms in total. The van der Waals surface area contributed by atoms with Crippen LogP contribution in [0.15, 0.2) is 6.07 Å². The summed E-state index contributed by atoms with van der Waals surface area (Å²) in [4.78, 5) is 9.04. The van der Waals surface area contributed by atoms with E-state index < -0.39 is 0 Å². The number of hydrogen-bond acceptors (Lipinski definition) is 4. The molecule has 0 aliphatic rings. The van der Waals surface area contributed by atoms with Gasteiger partial charge in [0.05, 0.1) is 5.69 Å². The number of methoxy groups -OCH3 is 1. The van der Waals surface area contributed by atoms with Crippen molar-refractivity contribution in [2.75, 3.05) is 19.0 Å². The maximum atomic E-state index is 5.28. The van der Waals surface area contributed by atoms with Crippen molar-refractivity contribution in [3.63, 3.8) is 0 Å². The number of anilines is 1. The summed E-state index contributed by atoms with van der Waals surface area (Å²) in [6.45, 7) is 11.3. The molecule has 1 rings (SSSR count). The first-order valence-electron chi connectivity index (χ1n) is 6.04. The Morgan fingerprint density at radius 3 is 2.47 bits per heavy atom. The Bertz CT molecular complexity index is 371. The van der Waals surface area contributed by atoms with Crippen molar-refractivity contribution in [2.24, 2.45) is 0 Å². The maximum absolute atomic E-state index is 5.28. The lowest BCUT2D eigenvalue weighted by Crippen LogP contribution is -2.18. The number of nitrogens with one attached hydrogen (secondary N) is 1. The van der Waals surface area contributed by atoms with Crippen molar-refractivity contribution < 1.29 is 4.74 Å². The van der Waals surface area contributed by atoms with Gasteiger partial charge in [0.15, 0.2) is 5.82 Å². The lowest BCUT2D eigenvalue weighted by Gasteiger charge is -2.20. The predicted octanol–water partition coefficient (Wildman–Crippen LogP) is 2.91. The van der Waals surface area contributed by atoms with Crippen molar-refractivity contribution in [1.82, 2.24) is 9.97 Å². The molecule has 1 unspecified atom stereocenters. The van der Waals surface area contributed by atoms with Gasteiger partial charge in [-0.25, -0.2) is 9.97 Å². The monoisotopic (exact) mass is 237 g/mol. The van der Waals surface area contributed by atoms with E-state index in [0.29, 0.717) is 0 Å². The van der Waals surface area contributed by atoms with Crippen LogP contribution in [0, 0.1) is 0 Å². The van der Waals surface area contributed by atoms with Gasteiger partial charge in [-0.1, -0.05) is 20.8 Å². The summed E-state index contributed by atoms with van der Waals surface area (Å²) in [6.07, 6.45) is -0.0882. The van der Waals surface area contributed by atoms with Crippen LogP contribution in [0.5, 0.6) is 0 Å². The van der Waals surface area contributed by atoms with Gasteiger partial charge in [-0.2, -0.15) is 0 Å². The first kappa shape index (κ1) is 13.9. The van der Waals surface area contributed by atoms with Gasteiger partial charge in [-0.05, 0) is 13.8 Å². The van der Waals surface area contributed by atoms with E-state index in [9.17, 15) is 0 Å². The highest BCUT2D eigenvalue weighted by molar-refractivity contribution is 5.38. The zero-order valence-corrected chi connectivity index (χ0v) is 11.7. The smallest absolute Gasteiger partial charge is 0.159 e. The van der Waals surface area contributed by atoms with Crippen LogP contribution in [0.1, 0.15) is 52.2 Å². The normalized spacial score (nSPS) is 13.5. The molecule has 0 bridgehead atoms. The highest BCUT2D eigenvalue weighted by Crippen LogP contribution is 2.24. The summed E-state index contributed by atoms with van der Waals surface area (Å²) < 4.78 is 5.28. The van der Waals surface area contributed by atoms with Gasteiger partial charge < -0.3 is 10.1 Å². The van der Waals surface area contributed by atoms with Crippen molar-refractivity contribution in [3.05, 3.63) is 17.6 Å². The molecule has 0 saturated carbocycles. The zero-order valence-electron chi connectivity index (χ0n) is 11.7. The van der Waals surface area contributed by atoms with E-state index in [4.69, 9.17) is 4.74 Å². The molecule has 0 saturated heterocycles. The molecule has 1 heterocycles. The Hall–Kier alpha value is -1.16. The zero-order chi connectivity index (χ0) is 13.1. The number of rotatable bonds is 4. The van der Waals surface area contributed by atoms with Gasteiger partial charge in [0, 0.05) is 25.1 Å². The van der Waals surface area contributed by atoms with Gasteiger partial charge >= 0.3 is 0 Å². The summed E-state index contributed by atoms with van der Waals surface area (Å²) >= 11 is 0. The third-order valence-corrected chi connectivity index (χ3v) is 2.59. The maximum Gasteiger partial charge on any atom is 0.159 e. The fourth-order valence-corrected chi connectivity index (χ4v) is 1.41. The summed E-state index contributed by atoms with van der Waals surface area (Å²) in [7, 11) is 1.67. The first-order valence-corrected chi connectivity index (χ1v) is 6.04. The Kier molecular flexibility index (Phi) is 4.46. The van der Waals surface area contributed by atoms with Gasteiger partial charge in [0.25, 0.3) is 0 Å². The second kappa shape index (κ2) is 5.45. The minimum absolute atomic E-state index is 0.00925. The second-order valence-electron chi connectivity index (χ2n) is 5.15. The van der Waals surface area contributed by atoms with Crippen LogP contribution in [0.2, 0.25) is 0 Å². The highest BCUT2D eigenvalue weighted by Gasteiger charge is 2.19. The molecule has 0 spiro atoms. The SMILES string of the molecule is CCNc1cc(C(C)(C)C)nc(C(C)OC)n1. The van der Waals surface area contributed by atoms with Crippen LogP contribution in [0.3, 0.4) is 0 Å². The van der Waals surface area contributed by atoms with Gasteiger partial charge in [-0.15, -0.1) is 0 Å². The molecule has 0 aliphatic carbocycles. The molecule has 0 aromatic carbocycles. The molecule has 1 aromatic rings. The number of nitrogens with zero attached hydrogens (tertiary/aromatic N) is 2. The number of hydrogen-bond donors (Lipinski definition) is 1. The molecule has 4 heteroatoms. The van der Waals surface area contributed by atoms with Gasteiger partial charge in [0.1, 0.15) is 11.9 Å². The van der Waals surface area contributed by atoms with E-state index >= 15 is 0 Å². The summed E-state index contributed by atoms with van der Waals surface area (Å²) in [5.41, 5.74) is 1.04. The number of ether oxygens (including phenoxy) is 1. The average molecular weight is 237 g/mol. The van der Waals surface area contributed by atoms with E-state index in [1.165, 1.54) is 0 Å². The van der Waals surface area contributed by atoms with E-state index in [0.717, 1.165) is 23.9 Å². The van der Waals surface area contributed by atoms with Gasteiger partial charge in [-0.3, -0.25) is 0 Å². The third-order valence-electron chi connectivity index (χ3n) is 2.59.